The molecule has 1 saturated heterocycles. The minimum atomic E-state index is -0.357. The Hall–Kier alpha value is -1.06. The molecule has 2 rings (SSSR count). The molecule has 1 aliphatic rings. The normalized spacial score (nSPS) is 19.0. The Balaban J connectivity index is 2.11. The highest BCUT2D eigenvalue weighted by Gasteiger charge is 2.24. The Bertz CT molecular complexity index is 413. The van der Waals surface area contributed by atoms with Crippen molar-refractivity contribution in [2.24, 2.45) is 0 Å². The highest BCUT2D eigenvalue weighted by atomic mass is 16.3. The molecular formula is C17H28N2O. The van der Waals surface area contributed by atoms with Crippen LogP contribution in [-0.2, 0) is 0 Å². The Morgan fingerprint density at radius 2 is 1.90 bits per heavy atom. The lowest BCUT2D eigenvalue weighted by Gasteiger charge is -2.38. The number of hydrogen-bond donors (Lipinski definition) is 1. The minimum absolute atomic E-state index is 0.357. The molecule has 0 unspecified atom stereocenters. The maximum Gasteiger partial charge on any atom is 0.0807 e. The van der Waals surface area contributed by atoms with E-state index in [4.69, 9.17) is 0 Å². The van der Waals surface area contributed by atoms with E-state index in [1.54, 1.807) is 0 Å². The van der Waals surface area contributed by atoms with Crippen molar-refractivity contribution in [2.45, 2.75) is 45.3 Å². The molecule has 1 heterocycles. The van der Waals surface area contributed by atoms with Gasteiger partial charge < -0.3 is 14.9 Å². The van der Waals surface area contributed by atoms with E-state index in [9.17, 15) is 5.11 Å². The van der Waals surface area contributed by atoms with Gasteiger partial charge in [-0.3, -0.25) is 0 Å². The number of anilines is 1. The molecule has 0 bridgehead atoms. The minimum Gasteiger partial charge on any atom is -0.388 e. The van der Waals surface area contributed by atoms with Crippen molar-refractivity contribution in [3.05, 3.63) is 29.8 Å². The summed E-state index contributed by atoms with van der Waals surface area (Å²) >= 11 is 0. The first-order chi connectivity index (χ1) is 9.67. The number of aliphatic hydroxyl groups excluding tert-OH is 1. The average Bonchev–Trinajstić information content (AvgIpc) is 2.53. The first kappa shape index (κ1) is 15.3. The van der Waals surface area contributed by atoms with Crippen molar-refractivity contribution in [1.82, 2.24) is 4.90 Å². The van der Waals surface area contributed by atoms with E-state index in [-0.39, 0.29) is 6.10 Å². The molecule has 1 fully saturated rings. The van der Waals surface area contributed by atoms with Crippen LogP contribution in [0.15, 0.2) is 24.3 Å². The van der Waals surface area contributed by atoms with Gasteiger partial charge in [-0.25, -0.2) is 0 Å². The zero-order chi connectivity index (χ0) is 14.5. The van der Waals surface area contributed by atoms with Crippen molar-refractivity contribution in [1.29, 1.82) is 0 Å². The van der Waals surface area contributed by atoms with Crippen molar-refractivity contribution in [3.8, 4) is 0 Å². The Labute approximate surface area is 123 Å². The van der Waals surface area contributed by atoms with Crippen molar-refractivity contribution in [2.75, 3.05) is 31.6 Å². The van der Waals surface area contributed by atoms with Crippen molar-refractivity contribution < 1.29 is 5.11 Å². The third kappa shape index (κ3) is 3.33. The van der Waals surface area contributed by atoms with Gasteiger partial charge in [0.05, 0.1) is 6.10 Å². The molecule has 0 radical (unpaired) electrons. The van der Waals surface area contributed by atoms with Gasteiger partial charge in [-0.15, -0.1) is 0 Å². The number of piperidine rings is 1. The summed E-state index contributed by atoms with van der Waals surface area (Å²) < 4.78 is 0. The highest BCUT2D eigenvalue weighted by Crippen LogP contribution is 2.30. The van der Waals surface area contributed by atoms with Crippen LogP contribution in [0.5, 0.6) is 0 Å². The smallest absolute Gasteiger partial charge is 0.0807 e. The van der Waals surface area contributed by atoms with Gasteiger partial charge in [0.2, 0.25) is 0 Å². The molecule has 1 aromatic rings. The fourth-order valence-electron chi connectivity index (χ4n) is 3.13. The molecule has 0 aromatic heterocycles. The standard InChI is InChI=1S/C17H28N2O/c1-4-17(20)15-8-6-7-9-16(15)18(3)14-10-12-19(5-2)13-11-14/h6-9,14,17,20H,4-5,10-13H2,1-3H3/t17-/m0/s1. The topological polar surface area (TPSA) is 26.7 Å². The van der Waals surface area contributed by atoms with Crippen molar-refractivity contribution in [3.63, 3.8) is 0 Å². The van der Waals surface area contributed by atoms with Gasteiger partial charge in [0.15, 0.2) is 0 Å². The molecule has 1 atom stereocenters. The zero-order valence-electron chi connectivity index (χ0n) is 13.0. The number of aliphatic hydroxyl groups is 1. The molecule has 112 valence electrons. The van der Waals surface area contributed by atoms with Crippen LogP contribution in [0.1, 0.15) is 44.8 Å². The van der Waals surface area contributed by atoms with Crippen LogP contribution in [0.4, 0.5) is 5.69 Å². The maximum atomic E-state index is 10.2. The van der Waals surface area contributed by atoms with E-state index >= 15 is 0 Å². The molecule has 1 aromatic carbocycles. The van der Waals surface area contributed by atoms with E-state index < -0.39 is 0 Å². The molecule has 1 N–H and O–H groups in total. The summed E-state index contributed by atoms with van der Waals surface area (Å²) in [5, 5.41) is 10.2. The second-order valence-corrected chi connectivity index (χ2v) is 5.76. The second-order valence-electron chi connectivity index (χ2n) is 5.76. The Morgan fingerprint density at radius 1 is 1.25 bits per heavy atom. The van der Waals surface area contributed by atoms with Crippen LogP contribution >= 0.6 is 0 Å². The molecule has 20 heavy (non-hydrogen) atoms. The lowest BCUT2D eigenvalue weighted by atomic mass is 9.99. The van der Waals surface area contributed by atoms with E-state index in [2.05, 4.69) is 42.0 Å². The fourth-order valence-corrected chi connectivity index (χ4v) is 3.13. The summed E-state index contributed by atoms with van der Waals surface area (Å²) in [5.74, 6) is 0. The molecule has 0 aliphatic carbocycles. The SMILES string of the molecule is CC[C@H](O)c1ccccc1N(C)C1CCN(CC)CC1. The van der Waals surface area contributed by atoms with Crippen LogP contribution in [0, 0.1) is 0 Å². The fraction of sp³-hybridized carbons (Fsp3) is 0.647. The summed E-state index contributed by atoms with van der Waals surface area (Å²) in [4.78, 5) is 4.89. The van der Waals surface area contributed by atoms with E-state index in [0.717, 1.165) is 18.5 Å². The summed E-state index contributed by atoms with van der Waals surface area (Å²) in [5.41, 5.74) is 2.26. The van der Waals surface area contributed by atoms with Crippen molar-refractivity contribution >= 4 is 5.69 Å². The van der Waals surface area contributed by atoms with Gasteiger partial charge in [0.1, 0.15) is 0 Å². The summed E-state index contributed by atoms with van der Waals surface area (Å²) in [6.07, 6.45) is 2.82. The molecule has 0 amide bonds. The molecule has 3 nitrogen and oxygen atoms in total. The van der Waals surface area contributed by atoms with E-state index in [1.807, 2.05) is 13.0 Å². The van der Waals surface area contributed by atoms with Gasteiger partial charge >= 0.3 is 0 Å². The second kappa shape index (κ2) is 7.09. The van der Waals surface area contributed by atoms with Crippen LogP contribution in [-0.4, -0.2) is 42.7 Å². The first-order valence-electron chi connectivity index (χ1n) is 7.89. The Kier molecular flexibility index (Phi) is 5.44. The third-order valence-corrected chi connectivity index (χ3v) is 4.61. The predicted octanol–water partition coefficient (Wildman–Crippen LogP) is 3.05. The summed E-state index contributed by atoms with van der Waals surface area (Å²) in [7, 11) is 2.17. The summed E-state index contributed by atoms with van der Waals surface area (Å²) in [6, 6.07) is 8.87. The highest BCUT2D eigenvalue weighted by molar-refractivity contribution is 5.54. The van der Waals surface area contributed by atoms with E-state index in [1.165, 1.54) is 31.6 Å². The monoisotopic (exact) mass is 276 g/mol. The molecule has 0 saturated carbocycles. The van der Waals surface area contributed by atoms with Crippen LogP contribution in [0.25, 0.3) is 0 Å². The third-order valence-electron chi connectivity index (χ3n) is 4.61. The van der Waals surface area contributed by atoms with Gasteiger partial charge in [-0.2, -0.15) is 0 Å². The zero-order valence-corrected chi connectivity index (χ0v) is 13.0. The first-order valence-corrected chi connectivity index (χ1v) is 7.89. The molecule has 1 aliphatic heterocycles. The lowest BCUT2D eigenvalue weighted by molar-refractivity contribution is 0.173. The molecular weight excluding hydrogens is 248 g/mol. The number of benzene rings is 1. The van der Waals surface area contributed by atoms with Gasteiger partial charge in [0.25, 0.3) is 0 Å². The van der Waals surface area contributed by atoms with Gasteiger partial charge in [0, 0.05) is 37.4 Å². The van der Waals surface area contributed by atoms with Crippen LogP contribution in [0.3, 0.4) is 0 Å². The van der Waals surface area contributed by atoms with Crippen LogP contribution < -0.4 is 4.90 Å². The van der Waals surface area contributed by atoms with Gasteiger partial charge in [-0.1, -0.05) is 32.0 Å². The Morgan fingerprint density at radius 3 is 2.50 bits per heavy atom. The largest absolute Gasteiger partial charge is 0.388 e. The number of hydrogen-bond acceptors (Lipinski definition) is 3. The van der Waals surface area contributed by atoms with Crippen LogP contribution in [0.2, 0.25) is 0 Å². The number of rotatable bonds is 5. The number of nitrogens with zero attached hydrogens (tertiary/aromatic N) is 2. The number of likely N-dealkylation sites (tertiary alicyclic amines) is 1. The predicted molar refractivity (Wildman–Crippen MR) is 85.2 cm³/mol. The average molecular weight is 276 g/mol. The van der Waals surface area contributed by atoms with Gasteiger partial charge in [-0.05, 0) is 31.9 Å². The quantitative estimate of drug-likeness (QED) is 0.895. The lowest BCUT2D eigenvalue weighted by Crippen LogP contribution is -2.43. The summed E-state index contributed by atoms with van der Waals surface area (Å²) in [6.45, 7) is 7.79. The number of para-hydroxylation sites is 1. The van der Waals surface area contributed by atoms with E-state index in [0.29, 0.717) is 6.04 Å². The molecule has 3 heteroatoms. The molecule has 0 spiro atoms. The maximum absolute atomic E-state index is 10.2.